The second-order valence-electron chi connectivity index (χ2n) is 6.12. The van der Waals surface area contributed by atoms with Crippen LogP contribution in [0.25, 0.3) is 0 Å². The monoisotopic (exact) mass is 383 g/mol. The van der Waals surface area contributed by atoms with Crippen LogP contribution in [0.3, 0.4) is 0 Å². The molecule has 0 aromatic heterocycles. The summed E-state index contributed by atoms with van der Waals surface area (Å²) in [6.45, 7) is 4.52. The third-order valence-corrected chi connectivity index (χ3v) is 4.39. The number of carbonyl (C=O) groups is 1. The predicted octanol–water partition coefficient (Wildman–Crippen LogP) is 3.65. The molecule has 2 rings (SSSR count). The van der Waals surface area contributed by atoms with Crippen molar-refractivity contribution in [1.82, 2.24) is 0 Å². The van der Waals surface area contributed by atoms with Crippen LogP contribution in [0.5, 0.6) is 5.75 Å². The Morgan fingerprint density at radius 3 is 2.08 bits per heavy atom. The van der Waals surface area contributed by atoms with Crippen molar-refractivity contribution in [3.63, 3.8) is 0 Å². The Morgan fingerprint density at radius 1 is 1.08 bits per heavy atom. The van der Waals surface area contributed by atoms with E-state index in [2.05, 4.69) is 51.4 Å². The molecule has 0 saturated carbocycles. The smallest absolute Gasteiger partial charge is 0.147 e. The fourth-order valence-corrected chi connectivity index (χ4v) is 2.57. The second-order valence-corrected chi connectivity index (χ2v) is 6.93. The molecule has 4 nitrogen and oxygen atoms in total. The Balaban J connectivity index is 0.000000251. The SMILES string of the molecule is CC[N+](C)(C)Cc1ccccc1.COc1c(Cl)ccc(Cl)c1C(=O)[O-]. The molecule has 0 bridgehead atoms. The van der Waals surface area contributed by atoms with E-state index >= 15 is 0 Å². The minimum Gasteiger partial charge on any atom is -0.545 e. The van der Waals surface area contributed by atoms with Gasteiger partial charge in [0.1, 0.15) is 12.3 Å². The number of nitrogens with zero attached hydrogens (tertiary/aromatic N) is 1. The van der Waals surface area contributed by atoms with Gasteiger partial charge in [-0.25, -0.2) is 0 Å². The van der Waals surface area contributed by atoms with Crippen LogP contribution in [-0.2, 0) is 6.54 Å². The van der Waals surface area contributed by atoms with Gasteiger partial charge in [0, 0.05) is 5.56 Å². The highest BCUT2D eigenvalue weighted by Gasteiger charge is 2.12. The first-order chi connectivity index (χ1) is 11.7. The number of ether oxygens (including phenoxy) is 1. The van der Waals surface area contributed by atoms with Crippen molar-refractivity contribution in [2.45, 2.75) is 13.5 Å². The molecule has 0 aliphatic rings. The zero-order chi connectivity index (χ0) is 19.0. The normalized spacial score (nSPS) is 10.6. The van der Waals surface area contributed by atoms with E-state index in [-0.39, 0.29) is 21.4 Å². The molecule has 0 atom stereocenters. The first-order valence-electron chi connectivity index (χ1n) is 7.81. The predicted molar refractivity (Wildman–Crippen MR) is 100 cm³/mol. The fourth-order valence-electron chi connectivity index (χ4n) is 2.11. The summed E-state index contributed by atoms with van der Waals surface area (Å²) >= 11 is 11.3. The minimum absolute atomic E-state index is 0.0224. The minimum atomic E-state index is -1.41. The molecule has 0 amide bonds. The molecule has 0 aliphatic heterocycles. The quantitative estimate of drug-likeness (QED) is 0.740. The second kappa shape index (κ2) is 9.66. The van der Waals surface area contributed by atoms with Crippen LogP contribution in [0.2, 0.25) is 10.0 Å². The van der Waals surface area contributed by atoms with Crippen molar-refractivity contribution < 1.29 is 19.1 Å². The fraction of sp³-hybridized carbons (Fsp3) is 0.316. The van der Waals surface area contributed by atoms with Gasteiger partial charge in [-0.2, -0.15) is 0 Å². The highest BCUT2D eigenvalue weighted by molar-refractivity contribution is 6.36. The molecule has 0 N–H and O–H groups in total. The Labute approximate surface area is 159 Å². The van der Waals surface area contributed by atoms with Gasteiger partial charge < -0.3 is 19.1 Å². The number of carboxylic acid groups (broad SMARTS) is 1. The standard InChI is InChI=1S/C11H18N.C8H6Cl2O3/c1-4-12(2,3)10-11-8-6-5-7-9-11;1-13-7-5(10)3-2-4(9)6(7)8(11)12/h5-9H,4,10H2,1-3H3;2-3H,1H3,(H,11,12)/q+1;/p-1. The Bertz CT molecular complexity index is 703. The summed E-state index contributed by atoms with van der Waals surface area (Å²) in [6, 6.07) is 13.5. The Kier molecular flexibility index (Phi) is 8.23. The van der Waals surface area contributed by atoms with Crippen LogP contribution in [-0.4, -0.2) is 38.2 Å². The van der Waals surface area contributed by atoms with E-state index in [1.54, 1.807) is 0 Å². The number of aromatic carboxylic acids is 1. The summed E-state index contributed by atoms with van der Waals surface area (Å²) in [5.74, 6) is -1.39. The molecule has 2 aromatic rings. The van der Waals surface area contributed by atoms with Crippen molar-refractivity contribution in [2.24, 2.45) is 0 Å². The van der Waals surface area contributed by atoms with Crippen molar-refractivity contribution in [2.75, 3.05) is 27.7 Å². The van der Waals surface area contributed by atoms with Crippen LogP contribution < -0.4 is 9.84 Å². The average molecular weight is 384 g/mol. The molecule has 0 spiro atoms. The maximum absolute atomic E-state index is 10.6. The van der Waals surface area contributed by atoms with Gasteiger partial charge in [0.15, 0.2) is 0 Å². The summed E-state index contributed by atoms with van der Waals surface area (Å²) < 4.78 is 5.84. The summed E-state index contributed by atoms with van der Waals surface area (Å²) in [6.07, 6.45) is 0. The van der Waals surface area contributed by atoms with Gasteiger partial charge in [0.25, 0.3) is 0 Å². The van der Waals surface area contributed by atoms with E-state index in [0.717, 1.165) is 11.0 Å². The summed E-state index contributed by atoms with van der Waals surface area (Å²) in [7, 11) is 5.82. The van der Waals surface area contributed by atoms with Crippen LogP contribution in [0.15, 0.2) is 42.5 Å². The third-order valence-electron chi connectivity index (χ3n) is 3.78. The van der Waals surface area contributed by atoms with E-state index in [0.29, 0.717) is 0 Å². The molecular weight excluding hydrogens is 361 g/mol. The van der Waals surface area contributed by atoms with E-state index in [9.17, 15) is 9.90 Å². The van der Waals surface area contributed by atoms with Gasteiger partial charge in [0.2, 0.25) is 0 Å². The lowest BCUT2D eigenvalue weighted by Crippen LogP contribution is -2.38. The van der Waals surface area contributed by atoms with Gasteiger partial charge in [-0.15, -0.1) is 0 Å². The lowest BCUT2D eigenvalue weighted by Gasteiger charge is -2.28. The maximum atomic E-state index is 10.6. The number of carboxylic acids is 1. The van der Waals surface area contributed by atoms with Crippen LogP contribution in [0.1, 0.15) is 22.8 Å². The van der Waals surface area contributed by atoms with Crippen molar-refractivity contribution in [3.8, 4) is 5.75 Å². The van der Waals surface area contributed by atoms with Crippen LogP contribution >= 0.6 is 23.2 Å². The summed E-state index contributed by atoms with van der Waals surface area (Å²) in [5.41, 5.74) is 1.20. The third kappa shape index (κ3) is 6.58. The Hall–Kier alpha value is -1.75. The highest BCUT2D eigenvalue weighted by atomic mass is 35.5. The molecule has 136 valence electrons. The Morgan fingerprint density at radius 2 is 1.64 bits per heavy atom. The largest absolute Gasteiger partial charge is 0.545 e. The lowest BCUT2D eigenvalue weighted by molar-refractivity contribution is -0.901. The lowest BCUT2D eigenvalue weighted by atomic mass is 10.2. The molecule has 2 aromatic carbocycles. The highest BCUT2D eigenvalue weighted by Crippen LogP contribution is 2.33. The van der Waals surface area contributed by atoms with Crippen molar-refractivity contribution in [3.05, 3.63) is 63.6 Å². The maximum Gasteiger partial charge on any atom is 0.147 e. The number of rotatable bonds is 5. The number of halogens is 2. The number of quaternary nitrogens is 1. The zero-order valence-corrected chi connectivity index (χ0v) is 16.4. The summed E-state index contributed by atoms with van der Waals surface area (Å²) in [4.78, 5) is 10.6. The van der Waals surface area contributed by atoms with E-state index in [4.69, 9.17) is 27.9 Å². The molecule has 0 radical (unpaired) electrons. The molecule has 25 heavy (non-hydrogen) atoms. The van der Waals surface area contributed by atoms with Gasteiger partial charge in [-0.1, -0.05) is 53.5 Å². The van der Waals surface area contributed by atoms with Crippen LogP contribution in [0, 0.1) is 0 Å². The molecule has 0 aliphatic carbocycles. The first-order valence-corrected chi connectivity index (χ1v) is 8.56. The molecule has 0 heterocycles. The first kappa shape index (κ1) is 21.3. The van der Waals surface area contributed by atoms with Crippen molar-refractivity contribution >= 4 is 29.2 Å². The number of methoxy groups -OCH3 is 1. The van der Waals surface area contributed by atoms with Crippen molar-refractivity contribution in [1.29, 1.82) is 0 Å². The number of carbonyl (C=O) groups excluding carboxylic acids is 1. The molecule has 6 heteroatoms. The molecular formula is C19H23Cl2NO3. The molecule has 0 saturated heterocycles. The van der Waals surface area contributed by atoms with Gasteiger partial charge in [-0.05, 0) is 19.1 Å². The topological polar surface area (TPSA) is 49.4 Å². The summed E-state index contributed by atoms with van der Waals surface area (Å²) in [5, 5.41) is 10.8. The van der Waals surface area contributed by atoms with E-state index < -0.39 is 5.97 Å². The van der Waals surface area contributed by atoms with Gasteiger partial charge >= 0.3 is 0 Å². The van der Waals surface area contributed by atoms with E-state index in [1.807, 2.05) is 0 Å². The van der Waals surface area contributed by atoms with E-state index in [1.165, 1.54) is 31.4 Å². The van der Waals surface area contributed by atoms with Crippen LogP contribution in [0.4, 0.5) is 0 Å². The van der Waals surface area contributed by atoms with Gasteiger partial charge in [-0.3, -0.25) is 0 Å². The number of benzene rings is 2. The number of hydrogen-bond donors (Lipinski definition) is 0. The molecule has 0 unspecified atom stereocenters. The zero-order valence-electron chi connectivity index (χ0n) is 14.9. The average Bonchev–Trinajstić information content (AvgIpc) is 2.57. The van der Waals surface area contributed by atoms with Gasteiger partial charge in [0.05, 0.1) is 49.3 Å². The molecule has 0 fully saturated rings. The number of hydrogen-bond acceptors (Lipinski definition) is 3.